The minimum atomic E-state index is -4.48. The smallest absolute Gasteiger partial charge is 0.354 e. The van der Waals surface area contributed by atoms with Gasteiger partial charge in [-0.2, -0.15) is 13.2 Å². The number of carbonyl (C=O) groups excluding carboxylic acids is 1. The zero-order chi connectivity index (χ0) is 24.7. The number of piperidine rings is 1. The van der Waals surface area contributed by atoms with Crippen LogP contribution in [0.4, 0.5) is 23.4 Å². The van der Waals surface area contributed by atoms with Crippen LogP contribution in [0.5, 0.6) is 0 Å². The monoisotopic (exact) mass is 488 g/mol. The lowest BCUT2D eigenvalue weighted by Gasteiger charge is -2.41. The van der Waals surface area contributed by atoms with Gasteiger partial charge in [-0.3, -0.25) is 9.36 Å². The molecule has 0 aromatic carbocycles. The first-order valence-corrected chi connectivity index (χ1v) is 11.4. The van der Waals surface area contributed by atoms with Gasteiger partial charge in [-0.05, 0) is 50.5 Å². The number of alkyl halides is 4. The summed E-state index contributed by atoms with van der Waals surface area (Å²) < 4.78 is 55.6. The standard InChI is InChI=1S/C24H24F4N6O/c1-15-29-9-11-33(15)22-6-2-16(12-30-22)23(35)34(18-4-5-18)20-8-10-32(14-19(20)25)21-7-3-17(13-31-21)24(26,27)28/h2-3,6-7,9,11-13,18-20H,4-5,8,10,14H2,1H3. The van der Waals surface area contributed by atoms with Crippen LogP contribution in [-0.2, 0) is 6.18 Å². The van der Waals surface area contributed by atoms with Crippen molar-refractivity contribution in [2.24, 2.45) is 0 Å². The molecule has 1 aliphatic heterocycles. The number of hydrogen-bond donors (Lipinski definition) is 0. The van der Waals surface area contributed by atoms with Gasteiger partial charge in [0.15, 0.2) is 0 Å². The number of rotatable bonds is 5. The van der Waals surface area contributed by atoms with Crippen LogP contribution in [0.1, 0.15) is 41.0 Å². The predicted molar refractivity (Wildman–Crippen MR) is 120 cm³/mol. The van der Waals surface area contributed by atoms with E-state index in [0.29, 0.717) is 24.3 Å². The molecule has 0 radical (unpaired) electrons. The van der Waals surface area contributed by atoms with E-state index in [1.165, 1.54) is 12.3 Å². The first-order valence-electron chi connectivity index (χ1n) is 11.4. The molecule has 0 spiro atoms. The van der Waals surface area contributed by atoms with Crippen LogP contribution in [0.2, 0.25) is 0 Å². The summed E-state index contributed by atoms with van der Waals surface area (Å²) in [6.07, 6.45) is 1.86. The second-order valence-electron chi connectivity index (χ2n) is 8.91. The average Bonchev–Trinajstić information content (AvgIpc) is 3.59. The lowest BCUT2D eigenvalue weighted by atomic mass is 9.99. The van der Waals surface area contributed by atoms with E-state index in [0.717, 1.165) is 30.9 Å². The van der Waals surface area contributed by atoms with E-state index >= 15 is 4.39 Å². The summed E-state index contributed by atoms with van der Waals surface area (Å²) >= 11 is 0. The minimum Gasteiger partial charge on any atom is -0.354 e. The molecule has 1 amide bonds. The maximum absolute atomic E-state index is 15.4. The average molecular weight is 488 g/mol. The first kappa shape index (κ1) is 23.3. The minimum absolute atomic E-state index is 0.0166. The molecule has 4 heterocycles. The Morgan fingerprint density at radius 3 is 2.31 bits per heavy atom. The second-order valence-corrected chi connectivity index (χ2v) is 8.91. The Bertz CT molecular complexity index is 1190. The molecule has 2 unspecified atom stereocenters. The fourth-order valence-electron chi connectivity index (χ4n) is 4.52. The Hall–Kier alpha value is -3.50. The van der Waals surface area contributed by atoms with Gasteiger partial charge in [-0.15, -0.1) is 0 Å². The molecule has 35 heavy (non-hydrogen) atoms. The summed E-state index contributed by atoms with van der Waals surface area (Å²) in [6, 6.07) is 5.00. The first-order chi connectivity index (χ1) is 16.7. The molecule has 11 heteroatoms. The molecule has 1 saturated carbocycles. The summed E-state index contributed by atoms with van der Waals surface area (Å²) in [7, 11) is 0. The Morgan fingerprint density at radius 2 is 1.77 bits per heavy atom. The summed E-state index contributed by atoms with van der Waals surface area (Å²) in [5, 5.41) is 0. The number of carbonyl (C=O) groups is 1. The number of aromatic nitrogens is 4. The van der Waals surface area contributed by atoms with Crippen molar-refractivity contribution in [2.75, 3.05) is 18.0 Å². The molecule has 3 aromatic rings. The number of aryl methyl sites for hydroxylation is 1. The molecule has 0 bridgehead atoms. The third kappa shape index (κ3) is 4.71. The molecule has 0 N–H and O–H groups in total. The Labute approximate surface area is 199 Å². The van der Waals surface area contributed by atoms with Crippen molar-refractivity contribution in [3.05, 3.63) is 66.0 Å². The maximum Gasteiger partial charge on any atom is 0.417 e. The van der Waals surface area contributed by atoms with E-state index in [9.17, 15) is 18.0 Å². The van der Waals surface area contributed by atoms with Gasteiger partial charge in [0.25, 0.3) is 5.91 Å². The van der Waals surface area contributed by atoms with E-state index in [-0.39, 0.29) is 24.3 Å². The van der Waals surface area contributed by atoms with Crippen molar-refractivity contribution < 1.29 is 22.4 Å². The highest BCUT2D eigenvalue weighted by Crippen LogP contribution is 2.35. The van der Waals surface area contributed by atoms with E-state index in [1.807, 2.05) is 6.92 Å². The fraction of sp³-hybridized carbons (Fsp3) is 0.417. The number of anilines is 1. The molecule has 1 saturated heterocycles. The van der Waals surface area contributed by atoms with E-state index < -0.39 is 24.0 Å². The Balaban J connectivity index is 1.29. The number of pyridine rings is 2. The fourth-order valence-corrected chi connectivity index (χ4v) is 4.52. The third-order valence-corrected chi connectivity index (χ3v) is 6.51. The highest BCUT2D eigenvalue weighted by Gasteiger charge is 2.43. The van der Waals surface area contributed by atoms with Crippen LogP contribution in [0.3, 0.4) is 0 Å². The van der Waals surface area contributed by atoms with Gasteiger partial charge in [0.2, 0.25) is 0 Å². The van der Waals surface area contributed by atoms with Crippen LogP contribution in [0.15, 0.2) is 49.1 Å². The van der Waals surface area contributed by atoms with Crippen LogP contribution in [0, 0.1) is 6.92 Å². The van der Waals surface area contributed by atoms with Crippen molar-refractivity contribution in [3.63, 3.8) is 0 Å². The lowest BCUT2D eigenvalue weighted by molar-refractivity contribution is -0.137. The second kappa shape index (κ2) is 8.94. The summed E-state index contributed by atoms with van der Waals surface area (Å²) in [5.41, 5.74) is -0.460. The highest BCUT2D eigenvalue weighted by molar-refractivity contribution is 5.94. The maximum atomic E-state index is 15.4. The van der Waals surface area contributed by atoms with Crippen LogP contribution in [-0.4, -0.2) is 61.7 Å². The van der Waals surface area contributed by atoms with E-state index in [2.05, 4.69) is 15.0 Å². The normalized spacial score (nSPS) is 20.7. The number of halogens is 4. The molecule has 3 aromatic heterocycles. The van der Waals surface area contributed by atoms with Crippen LogP contribution >= 0.6 is 0 Å². The topological polar surface area (TPSA) is 67.2 Å². The largest absolute Gasteiger partial charge is 0.417 e. The van der Waals surface area contributed by atoms with Crippen LogP contribution < -0.4 is 4.90 Å². The number of nitrogens with zero attached hydrogens (tertiary/aromatic N) is 6. The summed E-state index contributed by atoms with van der Waals surface area (Å²) in [4.78, 5) is 29.1. The van der Waals surface area contributed by atoms with Crippen molar-refractivity contribution in [2.45, 2.75) is 50.6 Å². The van der Waals surface area contributed by atoms with Crippen molar-refractivity contribution in [1.29, 1.82) is 0 Å². The van der Waals surface area contributed by atoms with Gasteiger partial charge in [-0.25, -0.2) is 19.3 Å². The lowest BCUT2D eigenvalue weighted by Crippen LogP contribution is -2.55. The molecule has 5 rings (SSSR count). The third-order valence-electron chi connectivity index (χ3n) is 6.51. The SMILES string of the molecule is Cc1nccn1-c1ccc(C(=O)N(C2CC2)C2CCN(c3ccc(C(F)(F)F)cn3)CC2F)cn1. The van der Waals surface area contributed by atoms with Gasteiger partial charge in [0.1, 0.15) is 23.6 Å². The molecular formula is C24H24F4N6O. The van der Waals surface area contributed by atoms with Gasteiger partial charge in [0, 0.05) is 37.4 Å². The van der Waals surface area contributed by atoms with Gasteiger partial charge in [-0.1, -0.05) is 0 Å². The molecular weight excluding hydrogens is 464 g/mol. The predicted octanol–water partition coefficient (Wildman–Crippen LogP) is 4.21. The summed E-state index contributed by atoms with van der Waals surface area (Å²) in [6.45, 7) is 2.19. The van der Waals surface area contributed by atoms with Crippen LogP contribution in [0.25, 0.3) is 5.82 Å². The molecule has 2 fully saturated rings. The van der Waals surface area contributed by atoms with Gasteiger partial charge in [0.05, 0.1) is 23.7 Å². The number of amides is 1. The van der Waals surface area contributed by atoms with Crippen molar-refractivity contribution in [3.8, 4) is 5.82 Å². The molecule has 2 atom stereocenters. The van der Waals surface area contributed by atoms with E-state index in [1.54, 1.807) is 38.9 Å². The molecule has 184 valence electrons. The quantitative estimate of drug-likeness (QED) is 0.504. The Kier molecular flexibility index (Phi) is 5.94. The zero-order valence-electron chi connectivity index (χ0n) is 19.0. The molecule has 2 aliphatic rings. The van der Waals surface area contributed by atoms with Gasteiger partial charge >= 0.3 is 6.18 Å². The molecule has 1 aliphatic carbocycles. The van der Waals surface area contributed by atoms with Crippen molar-refractivity contribution in [1.82, 2.24) is 24.4 Å². The van der Waals surface area contributed by atoms with Crippen molar-refractivity contribution >= 4 is 11.7 Å². The van der Waals surface area contributed by atoms with E-state index in [4.69, 9.17) is 0 Å². The molecule has 7 nitrogen and oxygen atoms in total. The summed E-state index contributed by atoms with van der Waals surface area (Å²) in [5.74, 6) is 1.43. The Morgan fingerprint density at radius 1 is 1.03 bits per heavy atom. The zero-order valence-corrected chi connectivity index (χ0v) is 19.0. The number of hydrogen-bond acceptors (Lipinski definition) is 5. The highest BCUT2D eigenvalue weighted by atomic mass is 19.4. The number of imidazole rings is 1. The van der Waals surface area contributed by atoms with Gasteiger partial charge < -0.3 is 9.80 Å².